The smallest absolute Gasteiger partial charge is 0.289 e. The number of fused-ring (bicyclic) bond motifs is 1. The molecule has 0 aliphatic carbocycles. The van der Waals surface area contributed by atoms with Gasteiger partial charge >= 0.3 is 0 Å². The highest BCUT2D eigenvalue weighted by Gasteiger charge is 2.24. The van der Waals surface area contributed by atoms with Crippen molar-refractivity contribution < 1.29 is 23.5 Å². The van der Waals surface area contributed by atoms with Crippen molar-refractivity contribution >= 4 is 11.8 Å². The number of hydrogen-bond acceptors (Lipinski definition) is 6. The van der Waals surface area contributed by atoms with Gasteiger partial charge in [-0.15, -0.1) is 0 Å². The lowest BCUT2D eigenvalue weighted by Gasteiger charge is -2.34. The fourth-order valence-electron chi connectivity index (χ4n) is 4.07. The molecule has 0 spiro atoms. The van der Waals surface area contributed by atoms with E-state index in [4.69, 9.17) is 13.9 Å². The first-order chi connectivity index (χ1) is 15.0. The van der Waals surface area contributed by atoms with Crippen LogP contribution in [0.25, 0.3) is 0 Å². The van der Waals surface area contributed by atoms with E-state index in [1.807, 2.05) is 11.0 Å². The first-order valence-corrected chi connectivity index (χ1v) is 10.6. The fraction of sp³-hybridized carbons (Fsp3) is 0.478. The zero-order valence-corrected chi connectivity index (χ0v) is 18.1. The van der Waals surface area contributed by atoms with Crippen molar-refractivity contribution in [1.82, 2.24) is 14.7 Å². The molecule has 0 radical (unpaired) electrons. The zero-order valence-electron chi connectivity index (χ0n) is 18.1. The molecule has 166 valence electrons. The Morgan fingerprint density at radius 2 is 1.84 bits per heavy atom. The van der Waals surface area contributed by atoms with Gasteiger partial charge in [0.1, 0.15) is 24.7 Å². The van der Waals surface area contributed by atoms with Gasteiger partial charge in [-0.05, 0) is 29.8 Å². The fourth-order valence-corrected chi connectivity index (χ4v) is 4.07. The molecule has 0 N–H and O–H groups in total. The number of ether oxygens (including phenoxy) is 2. The van der Waals surface area contributed by atoms with Crippen LogP contribution >= 0.6 is 0 Å². The van der Waals surface area contributed by atoms with Crippen molar-refractivity contribution in [1.29, 1.82) is 0 Å². The molecule has 3 heterocycles. The van der Waals surface area contributed by atoms with E-state index in [1.54, 1.807) is 31.1 Å². The molecule has 8 heteroatoms. The summed E-state index contributed by atoms with van der Waals surface area (Å²) in [5.74, 6) is 1.75. The van der Waals surface area contributed by atoms with E-state index in [0.717, 1.165) is 44.0 Å². The lowest BCUT2D eigenvalue weighted by Crippen LogP contribution is -2.47. The van der Waals surface area contributed by atoms with Crippen molar-refractivity contribution in [3.63, 3.8) is 0 Å². The molecule has 1 aromatic heterocycles. The second-order valence-electron chi connectivity index (χ2n) is 8.00. The third kappa shape index (κ3) is 5.08. The molecule has 0 bridgehead atoms. The maximum atomic E-state index is 13.0. The number of hydrogen-bond donors (Lipinski definition) is 0. The molecular weight excluding hydrogens is 398 g/mol. The maximum absolute atomic E-state index is 13.0. The molecular formula is C23H29N3O5. The predicted octanol–water partition coefficient (Wildman–Crippen LogP) is 2.12. The summed E-state index contributed by atoms with van der Waals surface area (Å²) in [6.45, 7) is 7.43. The van der Waals surface area contributed by atoms with Gasteiger partial charge in [0.2, 0.25) is 5.91 Å². The molecule has 1 fully saturated rings. The highest BCUT2D eigenvalue weighted by Crippen LogP contribution is 2.26. The van der Waals surface area contributed by atoms with E-state index in [2.05, 4.69) is 17.0 Å². The summed E-state index contributed by atoms with van der Waals surface area (Å²) >= 11 is 0. The van der Waals surface area contributed by atoms with E-state index >= 15 is 0 Å². The van der Waals surface area contributed by atoms with Crippen molar-refractivity contribution in [3.05, 3.63) is 53.0 Å². The number of carbonyl (C=O) groups is 2. The first kappa shape index (κ1) is 21.4. The predicted molar refractivity (Wildman–Crippen MR) is 114 cm³/mol. The zero-order chi connectivity index (χ0) is 21.8. The van der Waals surface area contributed by atoms with Crippen molar-refractivity contribution in [2.24, 2.45) is 0 Å². The van der Waals surface area contributed by atoms with Crippen molar-refractivity contribution in [3.8, 4) is 5.75 Å². The largest absolute Gasteiger partial charge is 0.491 e. The Morgan fingerprint density at radius 3 is 2.58 bits per heavy atom. The van der Waals surface area contributed by atoms with Crippen LogP contribution in [0.4, 0.5) is 0 Å². The molecule has 2 aliphatic rings. The number of rotatable bonds is 5. The average Bonchev–Trinajstić information content (AvgIpc) is 3.12. The van der Waals surface area contributed by atoms with Crippen LogP contribution in [-0.4, -0.2) is 73.0 Å². The Bertz CT molecular complexity index is 933. The van der Waals surface area contributed by atoms with E-state index in [-0.39, 0.29) is 11.8 Å². The van der Waals surface area contributed by atoms with Gasteiger partial charge in [-0.2, -0.15) is 0 Å². The van der Waals surface area contributed by atoms with Gasteiger partial charge in [0, 0.05) is 58.9 Å². The van der Waals surface area contributed by atoms with Gasteiger partial charge in [0.05, 0.1) is 6.54 Å². The summed E-state index contributed by atoms with van der Waals surface area (Å²) in [4.78, 5) is 30.5. The normalized spacial score (nSPS) is 17.1. The van der Waals surface area contributed by atoms with Crippen LogP contribution in [0.1, 0.15) is 34.4 Å². The monoisotopic (exact) mass is 427 g/mol. The van der Waals surface area contributed by atoms with Gasteiger partial charge in [-0.25, -0.2) is 0 Å². The second-order valence-corrected chi connectivity index (χ2v) is 8.00. The highest BCUT2D eigenvalue weighted by molar-refractivity contribution is 5.91. The molecule has 2 aliphatic heterocycles. The Balaban J connectivity index is 1.43. The van der Waals surface area contributed by atoms with Crippen molar-refractivity contribution in [2.45, 2.75) is 26.6 Å². The minimum absolute atomic E-state index is 0.137. The number of methoxy groups -OCH3 is 1. The highest BCUT2D eigenvalue weighted by atomic mass is 16.5. The quantitative estimate of drug-likeness (QED) is 0.728. The van der Waals surface area contributed by atoms with E-state index in [0.29, 0.717) is 37.8 Å². The third-order valence-corrected chi connectivity index (χ3v) is 5.77. The Labute approximate surface area is 182 Å². The SMILES string of the molecule is COCc1ccc(C(=O)N2CCOc3ccc(CN4CCN(C(C)=O)CC4)cc3C2)o1. The number of piperazine rings is 1. The lowest BCUT2D eigenvalue weighted by atomic mass is 10.1. The molecule has 4 rings (SSSR count). The molecule has 31 heavy (non-hydrogen) atoms. The van der Waals surface area contributed by atoms with Gasteiger partial charge in [0.15, 0.2) is 5.76 Å². The van der Waals surface area contributed by atoms with Crippen LogP contribution in [0.3, 0.4) is 0 Å². The van der Waals surface area contributed by atoms with Gasteiger partial charge < -0.3 is 23.7 Å². The third-order valence-electron chi connectivity index (χ3n) is 5.77. The second kappa shape index (κ2) is 9.53. The number of amides is 2. The minimum Gasteiger partial charge on any atom is -0.491 e. The lowest BCUT2D eigenvalue weighted by molar-refractivity contribution is -0.130. The molecule has 1 aromatic carbocycles. The summed E-state index contributed by atoms with van der Waals surface area (Å²) in [5.41, 5.74) is 2.17. The van der Waals surface area contributed by atoms with E-state index in [9.17, 15) is 9.59 Å². The summed E-state index contributed by atoms with van der Waals surface area (Å²) in [5, 5.41) is 0. The first-order valence-electron chi connectivity index (χ1n) is 10.6. The van der Waals surface area contributed by atoms with Crippen molar-refractivity contribution in [2.75, 3.05) is 46.4 Å². The van der Waals surface area contributed by atoms with Crippen LogP contribution in [0.5, 0.6) is 5.75 Å². The summed E-state index contributed by atoms with van der Waals surface area (Å²) < 4.78 is 16.6. The van der Waals surface area contributed by atoms with Gasteiger partial charge in [0.25, 0.3) is 5.91 Å². The van der Waals surface area contributed by atoms with E-state index in [1.165, 1.54) is 5.56 Å². The Hall–Kier alpha value is -2.84. The van der Waals surface area contributed by atoms with Gasteiger partial charge in [-0.3, -0.25) is 14.5 Å². The number of carbonyl (C=O) groups excluding carboxylic acids is 2. The van der Waals surface area contributed by atoms with Crippen LogP contribution < -0.4 is 4.74 Å². The van der Waals surface area contributed by atoms with Gasteiger partial charge in [-0.1, -0.05) is 6.07 Å². The molecule has 2 amide bonds. The molecule has 8 nitrogen and oxygen atoms in total. The minimum atomic E-state index is -0.149. The number of benzene rings is 1. The molecule has 0 saturated carbocycles. The Kier molecular flexibility index (Phi) is 6.58. The Morgan fingerprint density at radius 1 is 1.03 bits per heavy atom. The number of furan rings is 1. The molecule has 1 saturated heterocycles. The molecule has 0 unspecified atom stereocenters. The molecule has 0 atom stereocenters. The van der Waals surface area contributed by atoms with Crippen LogP contribution in [0.2, 0.25) is 0 Å². The maximum Gasteiger partial charge on any atom is 0.289 e. The number of nitrogens with zero attached hydrogens (tertiary/aromatic N) is 3. The van der Waals surface area contributed by atoms with Crippen LogP contribution in [0.15, 0.2) is 34.7 Å². The summed E-state index contributed by atoms with van der Waals surface area (Å²) in [7, 11) is 1.59. The standard InChI is InChI=1S/C23H29N3O5/c1-17(27)25-9-7-24(8-10-25)14-18-3-5-21-19(13-18)15-26(11-12-30-21)23(28)22-6-4-20(31-22)16-29-2/h3-6,13H,7-12,14-16H2,1-2H3. The topological polar surface area (TPSA) is 75.5 Å². The summed E-state index contributed by atoms with van der Waals surface area (Å²) in [6, 6.07) is 9.66. The molecule has 2 aromatic rings. The van der Waals surface area contributed by atoms with E-state index < -0.39 is 0 Å². The average molecular weight is 428 g/mol. The summed E-state index contributed by atoms with van der Waals surface area (Å²) in [6.07, 6.45) is 0. The van der Waals surface area contributed by atoms with Crippen LogP contribution in [0, 0.1) is 0 Å². The van der Waals surface area contributed by atoms with Crippen LogP contribution in [-0.2, 0) is 29.2 Å².